The molecule has 0 unspecified atom stereocenters. The van der Waals surface area contributed by atoms with Gasteiger partial charge < -0.3 is 15.0 Å². The second-order valence-corrected chi connectivity index (χ2v) is 9.32. The van der Waals surface area contributed by atoms with Crippen LogP contribution in [-0.2, 0) is 17.8 Å². The first kappa shape index (κ1) is 24.8. The molecule has 8 heteroatoms. The number of carbonyl (C=O) groups excluding carboxylic acids is 2. The van der Waals surface area contributed by atoms with Crippen LogP contribution < -0.4 is 10.1 Å². The van der Waals surface area contributed by atoms with E-state index in [9.17, 15) is 9.59 Å². The van der Waals surface area contributed by atoms with Gasteiger partial charge in [-0.1, -0.05) is 48.0 Å². The van der Waals surface area contributed by atoms with Crippen LogP contribution in [-0.4, -0.2) is 52.7 Å². The van der Waals surface area contributed by atoms with E-state index in [2.05, 4.69) is 10.4 Å². The highest BCUT2D eigenvalue weighted by Gasteiger charge is 2.27. The molecule has 0 atom stereocenters. The molecule has 0 saturated carbocycles. The van der Waals surface area contributed by atoms with E-state index in [-0.39, 0.29) is 17.9 Å². The molecule has 1 saturated heterocycles. The number of likely N-dealkylation sites (tertiary alicyclic amines) is 1. The molecule has 2 aromatic carbocycles. The Kier molecular flexibility index (Phi) is 7.76. The van der Waals surface area contributed by atoms with Crippen LogP contribution in [0.1, 0.15) is 45.7 Å². The smallest absolute Gasteiger partial charge is 0.255 e. The predicted molar refractivity (Wildman–Crippen MR) is 136 cm³/mol. The van der Waals surface area contributed by atoms with Crippen LogP contribution in [0, 0.1) is 13.8 Å². The average Bonchev–Trinajstić information content (AvgIpc) is 3.13. The molecular formula is C27H31ClN4O3. The van der Waals surface area contributed by atoms with Gasteiger partial charge in [-0.15, -0.1) is 0 Å². The second kappa shape index (κ2) is 11.0. The number of amides is 2. The number of piperidine rings is 1. The lowest BCUT2D eigenvalue weighted by molar-refractivity contribution is -0.131. The molecular weight excluding hydrogens is 464 g/mol. The van der Waals surface area contributed by atoms with Crippen LogP contribution in [0.3, 0.4) is 0 Å². The van der Waals surface area contributed by atoms with Crippen molar-refractivity contribution in [2.24, 2.45) is 0 Å². The molecule has 2 amide bonds. The lowest BCUT2D eigenvalue weighted by Gasteiger charge is -2.32. The zero-order valence-corrected chi connectivity index (χ0v) is 21.1. The number of ether oxygens (including phenoxy) is 1. The molecule has 35 heavy (non-hydrogen) atoms. The van der Waals surface area contributed by atoms with Crippen LogP contribution >= 0.6 is 11.6 Å². The predicted octanol–water partition coefficient (Wildman–Crippen LogP) is 4.17. The van der Waals surface area contributed by atoms with Crippen molar-refractivity contribution in [3.8, 4) is 5.75 Å². The van der Waals surface area contributed by atoms with Gasteiger partial charge in [-0.2, -0.15) is 5.10 Å². The number of hydrogen-bond donors (Lipinski definition) is 1. The maximum absolute atomic E-state index is 13.1. The summed E-state index contributed by atoms with van der Waals surface area (Å²) in [5.74, 6) is 0.680. The topological polar surface area (TPSA) is 76.5 Å². The number of carbonyl (C=O) groups is 2. The molecule has 0 bridgehead atoms. The maximum atomic E-state index is 13.1. The van der Waals surface area contributed by atoms with Crippen molar-refractivity contribution in [1.29, 1.82) is 0 Å². The number of rotatable bonds is 7. The van der Waals surface area contributed by atoms with Gasteiger partial charge in [0.1, 0.15) is 5.75 Å². The van der Waals surface area contributed by atoms with Gasteiger partial charge in [0.2, 0.25) is 5.91 Å². The van der Waals surface area contributed by atoms with Gasteiger partial charge in [0.15, 0.2) is 0 Å². The summed E-state index contributed by atoms with van der Waals surface area (Å²) in [5, 5.41) is 8.42. The highest BCUT2D eigenvalue weighted by molar-refractivity contribution is 6.31. The second-order valence-electron chi connectivity index (χ2n) is 8.91. The minimum Gasteiger partial charge on any atom is -0.496 e. The van der Waals surface area contributed by atoms with Crippen LogP contribution in [0.15, 0.2) is 48.5 Å². The Balaban J connectivity index is 1.34. The quantitative estimate of drug-likeness (QED) is 0.534. The summed E-state index contributed by atoms with van der Waals surface area (Å²) in [6.07, 6.45) is 1.74. The number of methoxy groups -OCH3 is 1. The molecule has 7 nitrogen and oxygen atoms in total. The molecule has 2 heterocycles. The van der Waals surface area contributed by atoms with E-state index in [0.717, 1.165) is 35.4 Å². The zero-order chi connectivity index (χ0) is 24.9. The first-order valence-corrected chi connectivity index (χ1v) is 12.2. The van der Waals surface area contributed by atoms with Crippen molar-refractivity contribution in [2.45, 2.75) is 45.7 Å². The molecule has 184 valence electrons. The Morgan fingerprint density at radius 2 is 1.71 bits per heavy atom. The SMILES string of the molecule is COc1ccccc1CC(=O)N1CCC(NC(=O)c2c(C)nn(Cc3ccccc3Cl)c2C)CC1. The lowest BCUT2D eigenvalue weighted by atomic mass is 10.0. The third kappa shape index (κ3) is 5.68. The molecule has 0 radical (unpaired) electrons. The van der Waals surface area contributed by atoms with Crippen LogP contribution in [0.25, 0.3) is 0 Å². The molecule has 1 fully saturated rings. The standard InChI is InChI=1S/C27H31ClN4O3/c1-18-26(19(2)32(30-18)17-21-9-4-6-10-23(21)28)27(34)29-22-12-14-31(15-13-22)25(33)16-20-8-5-7-11-24(20)35-3/h4-11,22H,12-17H2,1-3H3,(H,29,34). The average molecular weight is 495 g/mol. The number of para-hydroxylation sites is 1. The maximum Gasteiger partial charge on any atom is 0.255 e. The van der Waals surface area contributed by atoms with Crippen molar-refractivity contribution in [3.63, 3.8) is 0 Å². The summed E-state index contributed by atoms with van der Waals surface area (Å²) in [6.45, 7) is 5.49. The van der Waals surface area contributed by atoms with Crippen molar-refractivity contribution in [2.75, 3.05) is 20.2 Å². The highest BCUT2D eigenvalue weighted by atomic mass is 35.5. The van der Waals surface area contributed by atoms with Crippen LogP contribution in [0.2, 0.25) is 5.02 Å². The largest absolute Gasteiger partial charge is 0.496 e. The fraction of sp³-hybridized carbons (Fsp3) is 0.370. The summed E-state index contributed by atoms with van der Waals surface area (Å²) in [4.78, 5) is 27.8. The van der Waals surface area contributed by atoms with E-state index in [1.807, 2.05) is 72.0 Å². The monoisotopic (exact) mass is 494 g/mol. The third-order valence-electron chi connectivity index (χ3n) is 6.60. The van der Waals surface area contributed by atoms with Gasteiger partial charge in [0.05, 0.1) is 31.3 Å². The van der Waals surface area contributed by atoms with E-state index < -0.39 is 0 Å². The number of benzene rings is 2. The van der Waals surface area contributed by atoms with E-state index >= 15 is 0 Å². The Bertz CT molecular complexity index is 1210. The van der Waals surface area contributed by atoms with E-state index in [1.54, 1.807) is 7.11 Å². The summed E-state index contributed by atoms with van der Waals surface area (Å²) in [7, 11) is 1.61. The van der Waals surface area contributed by atoms with Gasteiger partial charge in [-0.05, 0) is 44.4 Å². The Hall–Kier alpha value is -3.32. The fourth-order valence-electron chi connectivity index (χ4n) is 4.62. The number of nitrogens with zero attached hydrogens (tertiary/aromatic N) is 3. The van der Waals surface area contributed by atoms with Gasteiger partial charge in [-0.3, -0.25) is 14.3 Å². The van der Waals surface area contributed by atoms with Crippen molar-refractivity contribution in [1.82, 2.24) is 20.0 Å². The minimum absolute atomic E-state index is 0.0172. The van der Waals surface area contributed by atoms with Gasteiger partial charge in [-0.25, -0.2) is 0 Å². The Morgan fingerprint density at radius 3 is 2.40 bits per heavy atom. The normalized spacial score (nSPS) is 14.1. The number of aryl methyl sites for hydroxylation is 1. The molecule has 0 aliphatic carbocycles. The Morgan fingerprint density at radius 1 is 1.06 bits per heavy atom. The number of hydrogen-bond acceptors (Lipinski definition) is 4. The molecule has 1 aliphatic rings. The van der Waals surface area contributed by atoms with Gasteiger partial charge in [0.25, 0.3) is 5.91 Å². The highest BCUT2D eigenvalue weighted by Crippen LogP contribution is 2.22. The van der Waals surface area contributed by atoms with Crippen molar-refractivity contribution < 1.29 is 14.3 Å². The summed E-state index contributed by atoms with van der Waals surface area (Å²) >= 11 is 6.30. The molecule has 1 aliphatic heterocycles. The first-order chi connectivity index (χ1) is 16.9. The molecule has 0 spiro atoms. The van der Waals surface area contributed by atoms with Crippen molar-refractivity contribution in [3.05, 3.63) is 81.6 Å². The number of aromatic nitrogens is 2. The summed E-state index contributed by atoms with van der Waals surface area (Å²) < 4.78 is 7.19. The van der Waals surface area contributed by atoms with Crippen molar-refractivity contribution >= 4 is 23.4 Å². The summed E-state index contributed by atoms with van der Waals surface area (Å²) in [5.41, 5.74) is 3.94. The van der Waals surface area contributed by atoms with E-state index in [4.69, 9.17) is 16.3 Å². The molecule has 1 N–H and O–H groups in total. The van der Waals surface area contributed by atoms with Crippen LogP contribution in [0.5, 0.6) is 5.75 Å². The fourth-order valence-corrected chi connectivity index (χ4v) is 4.82. The van der Waals surface area contributed by atoms with E-state index in [0.29, 0.717) is 42.3 Å². The van der Waals surface area contributed by atoms with E-state index in [1.165, 1.54) is 0 Å². The summed E-state index contributed by atoms with van der Waals surface area (Å²) in [6, 6.07) is 15.2. The van der Waals surface area contributed by atoms with Gasteiger partial charge in [0, 0.05) is 35.4 Å². The Labute approximate surface area is 211 Å². The molecule has 3 aromatic rings. The number of nitrogens with one attached hydrogen (secondary N) is 1. The van der Waals surface area contributed by atoms with Gasteiger partial charge >= 0.3 is 0 Å². The lowest BCUT2D eigenvalue weighted by Crippen LogP contribution is -2.47. The zero-order valence-electron chi connectivity index (χ0n) is 20.4. The molecule has 4 rings (SSSR count). The molecule has 1 aromatic heterocycles. The first-order valence-electron chi connectivity index (χ1n) is 11.8. The number of halogens is 1. The third-order valence-corrected chi connectivity index (χ3v) is 6.97. The van der Waals surface area contributed by atoms with Crippen LogP contribution in [0.4, 0.5) is 0 Å². The minimum atomic E-state index is -0.121.